The summed E-state index contributed by atoms with van der Waals surface area (Å²) in [5.41, 5.74) is 1.10. The number of amides is 1. The number of carbonyl (C=O) groups excluding carboxylic acids is 1. The molecule has 0 aromatic carbocycles. The van der Waals surface area contributed by atoms with Gasteiger partial charge in [-0.3, -0.25) is 14.5 Å². The molecule has 1 N–H and O–H groups in total. The van der Waals surface area contributed by atoms with Crippen LogP contribution in [-0.4, -0.2) is 53.0 Å². The van der Waals surface area contributed by atoms with Crippen LogP contribution in [-0.2, 0) is 9.59 Å². The molecule has 0 aromatic heterocycles. The molecule has 0 aromatic rings. The molecule has 1 atom stereocenters. The van der Waals surface area contributed by atoms with Gasteiger partial charge in [-0.25, -0.2) is 0 Å². The summed E-state index contributed by atoms with van der Waals surface area (Å²) in [6.45, 7) is 4.57. The van der Waals surface area contributed by atoms with Crippen LogP contribution in [0.25, 0.3) is 0 Å². The van der Waals surface area contributed by atoms with Crippen LogP contribution in [0.2, 0.25) is 0 Å². The standard InChI is InChI=1S/C15H26N2O3/c1-4-13(15(19)20)16(3)11-14(18)17(5-2)12-9-7-6-8-10-12/h9,13H,4-8,10-11H2,1-3H3,(H,19,20). The number of likely N-dealkylation sites (N-methyl/N-ethyl adjacent to an activating group) is 2. The number of allylic oxidation sites excluding steroid dienone is 2. The summed E-state index contributed by atoms with van der Waals surface area (Å²) in [7, 11) is 1.70. The third-order valence-electron chi connectivity index (χ3n) is 3.82. The van der Waals surface area contributed by atoms with E-state index in [0.717, 1.165) is 25.0 Å². The average molecular weight is 282 g/mol. The maximum Gasteiger partial charge on any atom is 0.320 e. The molecule has 114 valence electrons. The Morgan fingerprint density at radius 2 is 2.05 bits per heavy atom. The minimum atomic E-state index is -0.872. The molecule has 5 nitrogen and oxygen atoms in total. The topological polar surface area (TPSA) is 60.9 Å². The Balaban J connectivity index is 2.67. The first kappa shape index (κ1) is 16.7. The molecule has 0 radical (unpaired) electrons. The molecule has 0 heterocycles. The third-order valence-corrected chi connectivity index (χ3v) is 3.82. The Morgan fingerprint density at radius 3 is 2.50 bits per heavy atom. The number of hydrogen-bond acceptors (Lipinski definition) is 3. The maximum absolute atomic E-state index is 12.4. The predicted octanol–water partition coefficient (Wildman–Crippen LogP) is 2.09. The normalized spacial score (nSPS) is 16.7. The molecule has 1 unspecified atom stereocenters. The monoisotopic (exact) mass is 282 g/mol. The second kappa shape index (κ2) is 8.04. The Morgan fingerprint density at radius 1 is 1.35 bits per heavy atom. The Kier molecular flexibility index (Phi) is 6.71. The van der Waals surface area contributed by atoms with Crippen molar-refractivity contribution in [3.63, 3.8) is 0 Å². The third kappa shape index (κ3) is 4.34. The summed E-state index contributed by atoms with van der Waals surface area (Å²) in [6, 6.07) is -0.599. The van der Waals surface area contributed by atoms with Crippen LogP contribution in [0.1, 0.15) is 46.0 Å². The summed E-state index contributed by atoms with van der Waals surface area (Å²) < 4.78 is 0. The minimum absolute atomic E-state index is 0.0112. The Labute approximate surface area is 121 Å². The van der Waals surface area contributed by atoms with Crippen molar-refractivity contribution in [2.75, 3.05) is 20.1 Å². The Bertz CT molecular complexity index is 379. The van der Waals surface area contributed by atoms with Crippen molar-refractivity contribution in [1.82, 2.24) is 9.80 Å². The highest BCUT2D eigenvalue weighted by atomic mass is 16.4. The van der Waals surface area contributed by atoms with Crippen LogP contribution in [0, 0.1) is 0 Å². The fraction of sp³-hybridized carbons (Fsp3) is 0.733. The van der Waals surface area contributed by atoms with Gasteiger partial charge in [0.2, 0.25) is 5.91 Å². The number of hydrogen-bond donors (Lipinski definition) is 1. The summed E-state index contributed by atoms with van der Waals surface area (Å²) in [6.07, 6.45) is 6.92. The fourth-order valence-corrected chi connectivity index (χ4v) is 2.69. The van der Waals surface area contributed by atoms with E-state index in [4.69, 9.17) is 5.11 Å². The van der Waals surface area contributed by atoms with Crippen molar-refractivity contribution in [2.24, 2.45) is 0 Å². The number of nitrogens with zero attached hydrogens (tertiary/aromatic N) is 2. The first-order valence-corrected chi connectivity index (χ1v) is 7.43. The van der Waals surface area contributed by atoms with Gasteiger partial charge in [-0.2, -0.15) is 0 Å². The molecule has 0 fully saturated rings. The number of rotatable bonds is 7. The SMILES string of the molecule is CCC(C(=O)O)N(C)CC(=O)N(CC)C1=CCCCC1. The lowest BCUT2D eigenvalue weighted by molar-refractivity contribution is -0.144. The van der Waals surface area contributed by atoms with Gasteiger partial charge in [-0.05, 0) is 46.1 Å². The van der Waals surface area contributed by atoms with E-state index >= 15 is 0 Å². The molecule has 0 spiro atoms. The van der Waals surface area contributed by atoms with Crippen LogP contribution in [0.3, 0.4) is 0 Å². The number of carboxylic acids is 1. The highest BCUT2D eigenvalue weighted by molar-refractivity contribution is 5.81. The van der Waals surface area contributed by atoms with Gasteiger partial charge >= 0.3 is 5.97 Å². The van der Waals surface area contributed by atoms with Gasteiger partial charge in [0.15, 0.2) is 0 Å². The smallest absolute Gasteiger partial charge is 0.320 e. The predicted molar refractivity (Wildman–Crippen MR) is 78.3 cm³/mol. The average Bonchev–Trinajstić information content (AvgIpc) is 2.41. The minimum Gasteiger partial charge on any atom is -0.480 e. The van der Waals surface area contributed by atoms with E-state index in [0.29, 0.717) is 13.0 Å². The van der Waals surface area contributed by atoms with Crippen LogP contribution in [0.4, 0.5) is 0 Å². The molecular weight excluding hydrogens is 256 g/mol. The largest absolute Gasteiger partial charge is 0.480 e. The van der Waals surface area contributed by atoms with Gasteiger partial charge in [-0.15, -0.1) is 0 Å². The molecule has 0 saturated carbocycles. The van der Waals surface area contributed by atoms with Gasteiger partial charge in [0.1, 0.15) is 6.04 Å². The van der Waals surface area contributed by atoms with Gasteiger partial charge in [0.05, 0.1) is 6.54 Å². The van der Waals surface area contributed by atoms with Gasteiger partial charge in [0, 0.05) is 12.2 Å². The highest BCUT2D eigenvalue weighted by Gasteiger charge is 2.25. The van der Waals surface area contributed by atoms with Crippen molar-refractivity contribution >= 4 is 11.9 Å². The van der Waals surface area contributed by atoms with E-state index < -0.39 is 12.0 Å². The van der Waals surface area contributed by atoms with E-state index in [1.165, 1.54) is 6.42 Å². The van der Waals surface area contributed by atoms with Crippen molar-refractivity contribution in [1.29, 1.82) is 0 Å². The zero-order valence-corrected chi connectivity index (χ0v) is 12.8. The number of aliphatic carboxylic acids is 1. The van der Waals surface area contributed by atoms with E-state index in [2.05, 4.69) is 6.08 Å². The first-order chi connectivity index (χ1) is 9.51. The second-order valence-corrected chi connectivity index (χ2v) is 5.26. The lowest BCUT2D eigenvalue weighted by Crippen LogP contribution is -2.45. The van der Waals surface area contributed by atoms with E-state index in [1.54, 1.807) is 16.8 Å². The summed E-state index contributed by atoms with van der Waals surface area (Å²) in [5.74, 6) is -0.884. The lowest BCUT2D eigenvalue weighted by Gasteiger charge is -2.30. The molecule has 1 aliphatic rings. The molecule has 1 rings (SSSR count). The molecule has 0 aliphatic heterocycles. The maximum atomic E-state index is 12.4. The molecule has 5 heteroatoms. The highest BCUT2D eigenvalue weighted by Crippen LogP contribution is 2.21. The van der Waals surface area contributed by atoms with Crippen LogP contribution >= 0.6 is 0 Å². The molecule has 1 aliphatic carbocycles. The van der Waals surface area contributed by atoms with E-state index in [1.807, 2.05) is 13.8 Å². The van der Waals surface area contributed by atoms with E-state index in [9.17, 15) is 9.59 Å². The van der Waals surface area contributed by atoms with Gasteiger partial charge in [-0.1, -0.05) is 13.0 Å². The first-order valence-electron chi connectivity index (χ1n) is 7.43. The molecule has 1 amide bonds. The molecule has 0 bridgehead atoms. The lowest BCUT2D eigenvalue weighted by atomic mass is 10.0. The molecule has 20 heavy (non-hydrogen) atoms. The van der Waals surface area contributed by atoms with Crippen molar-refractivity contribution in [2.45, 2.75) is 52.0 Å². The van der Waals surface area contributed by atoms with Crippen molar-refractivity contribution < 1.29 is 14.7 Å². The van der Waals surface area contributed by atoms with Gasteiger partial charge < -0.3 is 10.0 Å². The molecular formula is C15H26N2O3. The van der Waals surface area contributed by atoms with Crippen LogP contribution in [0.15, 0.2) is 11.8 Å². The Hall–Kier alpha value is -1.36. The summed E-state index contributed by atoms with van der Waals surface area (Å²) in [4.78, 5) is 26.9. The quantitative estimate of drug-likeness (QED) is 0.776. The molecule has 0 saturated heterocycles. The second-order valence-electron chi connectivity index (χ2n) is 5.26. The summed E-state index contributed by atoms with van der Waals surface area (Å²) in [5, 5.41) is 9.12. The fourth-order valence-electron chi connectivity index (χ4n) is 2.69. The zero-order valence-electron chi connectivity index (χ0n) is 12.8. The zero-order chi connectivity index (χ0) is 15.1. The number of carbonyl (C=O) groups is 2. The summed E-state index contributed by atoms with van der Waals surface area (Å²) >= 11 is 0. The van der Waals surface area contributed by atoms with Crippen molar-refractivity contribution in [3.8, 4) is 0 Å². The van der Waals surface area contributed by atoms with Crippen LogP contribution < -0.4 is 0 Å². The van der Waals surface area contributed by atoms with Gasteiger partial charge in [0.25, 0.3) is 0 Å². The van der Waals surface area contributed by atoms with Crippen molar-refractivity contribution in [3.05, 3.63) is 11.8 Å². The van der Waals surface area contributed by atoms with E-state index in [-0.39, 0.29) is 12.5 Å². The van der Waals surface area contributed by atoms with Crippen LogP contribution in [0.5, 0.6) is 0 Å². The number of carboxylic acid groups (broad SMARTS) is 1.